The molecule has 0 aromatic heterocycles. The topological polar surface area (TPSA) is 39.7 Å². The second kappa shape index (κ2) is 10.5. The molecule has 0 radical (unpaired) electrons. The van der Waals surface area contributed by atoms with Crippen LogP contribution >= 0.6 is 0 Å². The minimum Gasteiger partial charge on any atom is -0.490 e. The summed E-state index contributed by atoms with van der Waals surface area (Å²) in [5.74, 6) is 1.70. The lowest BCUT2D eigenvalue weighted by Gasteiger charge is -2.21. The van der Waals surface area contributed by atoms with Crippen molar-refractivity contribution in [3.63, 3.8) is 0 Å². The summed E-state index contributed by atoms with van der Waals surface area (Å²) in [5.41, 5.74) is 1.13. The fourth-order valence-electron chi connectivity index (χ4n) is 2.12. The Morgan fingerprint density at radius 2 is 1.90 bits per heavy atom. The number of benzene rings is 1. The van der Waals surface area contributed by atoms with Crippen LogP contribution in [0, 0.1) is 0 Å². The van der Waals surface area contributed by atoms with Crippen LogP contribution in [0.1, 0.15) is 39.2 Å². The molecule has 1 rings (SSSR count). The van der Waals surface area contributed by atoms with Gasteiger partial charge >= 0.3 is 0 Å². The summed E-state index contributed by atoms with van der Waals surface area (Å²) >= 11 is 0. The van der Waals surface area contributed by atoms with E-state index in [1.807, 2.05) is 19.1 Å². The van der Waals surface area contributed by atoms with Gasteiger partial charge in [-0.1, -0.05) is 26.0 Å². The smallest absolute Gasteiger partial charge is 0.166 e. The number of rotatable bonds is 11. The Hall–Kier alpha value is -1.26. The molecule has 0 fully saturated rings. The normalized spacial score (nSPS) is 10.9. The predicted molar refractivity (Wildman–Crippen MR) is 86.2 cm³/mol. The first-order valence-corrected chi connectivity index (χ1v) is 7.87. The molecule has 0 heterocycles. The minimum absolute atomic E-state index is 0.226. The summed E-state index contributed by atoms with van der Waals surface area (Å²) < 4.78 is 17.0. The van der Waals surface area contributed by atoms with Gasteiger partial charge in [0.05, 0.1) is 19.3 Å². The van der Waals surface area contributed by atoms with Gasteiger partial charge in [-0.3, -0.25) is 0 Å². The molecule has 0 aliphatic heterocycles. The Balaban J connectivity index is 2.85. The summed E-state index contributed by atoms with van der Waals surface area (Å²) in [6.07, 6.45) is 2.21. The molecule has 4 nitrogen and oxygen atoms in total. The van der Waals surface area contributed by atoms with Gasteiger partial charge < -0.3 is 19.5 Å². The van der Waals surface area contributed by atoms with Crippen LogP contribution in [-0.2, 0) is 11.3 Å². The largest absolute Gasteiger partial charge is 0.490 e. The first-order chi connectivity index (χ1) is 10.3. The van der Waals surface area contributed by atoms with E-state index in [0.717, 1.165) is 43.0 Å². The highest BCUT2D eigenvalue weighted by Gasteiger charge is 2.14. The van der Waals surface area contributed by atoms with Crippen LogP contribution in [0.3, 0.4) is 0 Å². The van der Waals surface area contributed by atoms with E-state index in [2.05, 4.69) is 25.2 Å². The summed E-state index contributed by atoms with van der Waals surface area (Å²) in [4.78, 5) is 0. The van der Waals surface area contributed by atoms with E-state index >= 15 is 0 Å². The predicted octanol–water partition coefficient (Wildman–Crippen LogP) is 3.39. The quantitative estimate of drug-likeness (QED) is 0.635. The molecule has 0 bridgehead atoms. The molecule has 0 spiro atoms. The molecular weight excluding hydrogens is 266 g/mol. The van der Waals surface area contributed by atoms with Crippen molar-refractivity contribution < 1.29 is 14.2 Å². The molecule has 1 aromatic rings. The zero-order chi connectivity index (χ0) is 15.5. The van der Waals surface area contributed by atoms with Crippen molar-refractivity contribution in [1.82, 2.24) is 5.32 Å². The summed E-state index contributed by atoms with van der Waals surface area (Å²) in [5, 5.41) is 3.36. The Morgan fingerprint density at radius 1 is 1.14 bits per heavy atom. The second-order valence-electron chi connectivity index (χ2n) is 4.90. The third kappa shape index (κ3) is 5.94. The number of hydrogen-bond acceptors (Lipinski definition) is 4. The molecule has 0 amide bonds. The SMILES string of the molecule is CCOc1cccc(CNCCOC)c1OC(CC)CC. The van der Waals surface area contributed by atoms with E-state index in [9.17, 15) is 0 Å². The highest BCUT2D eigenvalue weighted by molar-refractivity contribution is 5.46. The van der Waals surface area contributed by atoms with Gasteiger partial charge in [0.25, 0.3) is 0 Å². The lowest BCUT2D eigenvalue weighted by molar-refractivity contribution is 0.178. The number of nitrogens with one attached hydrogen (secondary N) is 1. The molecule has 0 saturated heterocycles. The van der Waals surface area contributed by atoms with Gasteiger partial charge in [0.1, 0.15) is 0 Å². The fourth-order valence-corrected chi connectivity index (χ4v) is 2.12. The van der Waals surface area contributed by atoms with Gasteiger partial charge in [-0.05, 0) is 25.8 Å². The van der Waals surface area contributed by atoms with Gasteiger partial charge in [0.15, 0.2) is 11.5 Å². The van der Waals surface area contributed by atoms with Gasteiger partial charge in [-0.2, -0.15) is 0 Å². The molecule has 1 aromatic carbocycles. The van der Waals surface area contributed by atoms with Crippen LogP contribution in [0.15, 0.2) is 18.2 Å². The van der Waals surface area contributed by atoms with Crippen molar-refractivity contribution >= 4 is 0 Å². The molecule has 120 valence electrons. The van der Waals surface area contributed by atoms with E-state index in [-0.39, 0.29) is 6.10 Å². The van der Waals surface area contributed by atoms with Gasteiger partial charge in [0, 0.05) is 25.8 Å². The van der Waals surface area contributed by atoms with E-state index in [0.29, 0.717) is 13.2 Å². The van der Waals surface area contributed by atoms with Crippen molar-refractivity contribution in [2.24, 2.45) is 0 Å². The van der Waals surface area contributed by atoms with Crippen LogP contribution in [0.25, 0.3) is 0 Å². The molecule has 1 N–H and O–H groups in total. The van der Waals surface area contributed by atoms with Crippen molar-refractivity contribution in [2.45, 2.75) is 46.3 Å². The standard InChI is InChI=1S/C17H29NO3/c1-5-15(6-2)21-17-14(13-18-11-12-19-4)9-8-10-16(17)20-7-3/h8-10,15,18H,5-7,11-13H2,1-4H3. The fraction of sp³-hybridized carbons (Fsp3) is 0.647. The number of hydrogen-bond donors (Lipinski definition) is 1. The molecule has 21 heavy (non-hydrogen) atoms. The monoisotopic (exact) mass is 295 g/mol. The van der Waals surface area contributed by atoms with E-state index < -0.39 is 0 Å². The molecule has 0 atom stereocenters. The van der Waals surface area contributed by atoms with E-state index in [1.165, 1.54) is 0 Å². The van der Waals surface area contributed by atoms with E-state index in [1.54, 1.807) is 7.11 Å². The van der Waals surface area contributed by atoms with Crippen LogP contribution in [0.2, 0.25) is 0 Å². The summed E-state index contributed by atoms with van der Waals surface area (Å²) in [6.45, 7) is 9.19. The first-order valence-electron chi connectivity index (χ1n) is 7.87. The van der Waals surface area contributed by atoms with Crippen molar-refractivity contribution in [2.75, 3.05) is 26.9 Å². The third-order valence-corrected chi connectivity index (χ3v) is 3.35. The molecule has 0 aliphatic rings. The van der Waals surface area contributed by atoms with E-state index in [4.69, 9.17) is 14.2 Å². The maximum atomic E-state index is 6.19. The second-order valence-corrected chi connectivity index (χ2v) is 4.90. The third-order valence-electron chi connectivity index (χ3n) is 3.35. The molecule has 0 unspecified atom stereocenters. The van der Waals surface area contributed by atoms with Crippen LogP contribution in [0.5, 0.6) is 11.5 Å². The zero-order valence-corrected chi connectivity index (χ0v) is 13.8. The number of methoxy groups -OCH3 is 1. The lowest BCUT2D eigenvalue weighted by atomic mass is 10.1. The van der Waals surface area contributed by atoms with Crippen molar-refractivity contribution in [3.05, 3.63) is 23.8 Å². The Kier molecular flexibility index (Phi) is 8.87. The Morgan fingerprint density at radius 3 is 2.52 bits per heavy atom. The van der Waals surface area contributed by atoms with Crippen LogP contribution < -0.4 is 14.8 Å². The first kappa shape index (κ1) is 17.8. The summed E-state index contributed by atoms with van der Waals surface area (Å²) in [6, 6.07) is 6.07. The molecular formula is C17H29NO3. The van der Waals surface area contributed by atoms with Gasteiger partial charge in [-0.15, -0.1) is 0 Å². The Labute approximate surface area is 128 Å². The Bertz CT molecular complexity index is 392. The van der Waals surface area contributed by atoms with Crippen molar-refractivity contribution in [3.8, 4) is 11.5 Å². The number of para-hydroxylation sites is 1. The zero-order valence-electron chi connectivity index (χ0n) is 13.8. The minimum atomic E-state index is 0.226. The van der Waals surface area contributed by atoms with Gasteiger partial charge in [-0.25, -0.2) is 0 Å². The highest BCUT2D eigenvalue weighted by atomic mass is 16.5. The highest BCUT2D eigenvalue weighted by Crippen LogP contribution is 2.33. The van der Waals surface area contributed by atoms with Crippen molar-refractivity contribution in [1.29, 1.82) is 0 Å². The lowest BCUT2D eigenvalue weighted by Crippen LogP contribution is -2.21. The maximum absolute atomic E-state index is 6.19. The average molecular weight is 295 g/mol. The molecule has 0 aliphatic carbocycles. The number of ether oxygens (including phenoxy) is 3. The molecule has 0 saturated carbocycles. The van der Waals surface area contributed by atoms with Gasteiger partial charge in [0.2, 0.25) is 0 Å². The molecule has 4 heteroatoms. The average Bonchev–Trinajstić information content (AvgIpc) is 2.51. The summed E-state index contributed by atoms with van der Waals surface area (Å²) in [7, 11) is 1.71. The van der Waals surface area contributed by atoms with Crippen LogP contribution in [0.4, 0.5) is 0 Å². The van der Waals surface area contributed by atoms with Crippen LogP contribution in [-0.4, -0.2) is 33.0 Å². The maximum Gasteiger partial charge on any atom is 0.166 e.